The first-order chi connectivity index (χ1) is 12.7. The van der Waals surface area contributed by atoms with Gasteiger partial charge in [0, 0.05) is 35.8 Å². The van der Waals surface area contributed by atoms with Gasteiger partial charge in [-0.15, -0.1) is 0 Å². The number of rotatable bonds is 5. The highest BCUT2D eigenvalue weighted by Crippen LogP contribution is 2.25. The summed E-state index contributed by atoms with van der Waals surface area (Å²) in [5.74, 6) is 0.700. The van der Waals surface area contributed by atoms with Crippen molar-refractivity contribution < 1.29 is 9.32 Å². The van der Waals surface area contributed by atoms with Crippen LogP contribution in [0.1, 0.15) is 12.3 Å². The number of hydrogen-bond acceptors (Lipinski definition) is 4. The molecule has 0 atom stereocenters. The molecule has 0 saturated carbocycles. The minimum atomic E-state index is -0.117. The lowest BCUT2D eigenvalue weighted by Crippen LogP contribution is -2.12. The van der Waals surface area contributed by atoms with Gasteiger partial charge in [0.15, 0.2) is 0 Å². The normalized spacial score (nSPS) is 11.0. The summed E-state index contributed by atoms with van der Waals surface area (Å²) < 4.78 is 5.22. The van der Waals surface area contributed by atoms with Gasteiger partial charge in [0.1, 0.15) is 0 Å². The van der Waals surface area contributed by atoms with E-state index in [2.05, 4.69) is 20.4 Å². The van der Waals surface area contributed by atoms with Crippen molar-refractivity contribution >= 4 is 34.1 Å². The van der Waals surface area contributed by atoms with Crippen LogP contribution in [0.15, 0.2) is 59.3 Å². The average molecular weight is 367 g/mol. The molecule has 2 aromatic heterocycles. The number of aryl methyl sites for hydroxylation is 1. The van der Waals surface area contributed by atoms with Crippen LogP contribution in [0.2, 0.25) is 5.02 Å². The summed E-state index contributed by atoms with van der Waals surface area (Å²) in [5, 5.41) is 8.45. The molecular formula is C19H15ClN4O2. The zero-order valence-electron chi connectivity index (χ0n) is 13.7. The summed E-state index contributed by atoms with van der Waals surface area (Å²) in [7, 11) is 0. The van der Waals surface area contributed by atoms with Gasteiger partial charge in [-0.2, -0.15) is 4.98 Å². The molecule has 26 heavy (non-hydrogen) atoms. The molecular weight excluding hydrogens is 352 g/mol. The summed E-state index contributed by atoms with van der Waals surface area (Å²) in [6.07, 6.45) is 2.46. The number of anilines is 1. The topological polar surface area (TPSA) is 83.8 Å². The van der Waals surface area contributed by atoms with E-state index >= 15 is 0 Å². The quantitative estimate of drug-likeness (QED) is 0.546. The van der Waals surface area contributed by atoms with Crippen molar-refractivity contribution in [2.24, 2.45) is 0 Å². The van der Waals surface area contributed by atoms with Crippen LogP contribution in [0.5, 0.6) is 0 Å². The highest BCUT2D eigenvalue weighted by Gasteiger charge is 2.13. The smallest absolute Gasteiger partial charge is 0.227 e. The molecule has 1 amide bonds. The molecule has 4 aromatic rings. The largest absolute Gasteiger partial charge is 0.361 e. The van der Waals surface area contributed by atoms with Gasteiger partial charge < -0.3 is 14.8 Å². The van der Waals surface area contributed by atoms with Crippen LogP contribution in [0.25, 0.3) is 22.3 Å². The molecule has 7 heteroatoms. The maximum atomic E-state index is 12.2. The molecule has 0 aliphatic rings. The molecule has 0 aliphatic carbocycles. The first-order valence-corrected chi connectivity index (χ1v) is 8.51. The molecule has 0 spiro atoms. The molecule has 6 nitrogen and oxygen atoms in total. The number of benzene rings is 2. The lowest BCUT2D eigenvalue weighted by atomic mass is 10.2. The van der Waals surface area contributed by atoms with E-state index in [0.29, 0.717) is 28.7 Å². The molecule has 2 heterocycles. The highest BCUT2D eigenvalue weighted by molar-refractivity contribution is 6.33. The number of aromatic amines is 1. The van der Waals surface area contributed by atoms with Crippen molar-refractivity contribution in [2.75, 3.05) is 5.32 Å². The highest BCUT2D eigenvalue weighted by atomic mass is 35.5. The van der Waals surface area contributed by atoms with Crippen LogP contribution in [0, 0.1) is 0 Å². The van der Waals surface area contributed by atoms with E-state index in [1.165, 1.54) is 0 Å². The van der Waals surface area contributed by atoms with Crippen LogP contribution >= 0.6 is 11.6 Å². The van der Waals surface area contributed by atoms with Gasteiger partial charge in [-0.1, -0.05) is 35.0 Å². The van der Waals surface area contributed by atoms with Gasteiger partial charge in [0.2, 0.25) is 17.6 Å². The maximum absolute atomic E-state index is 12.2. The monoisotopic (exact) mass is 366 g/mol. The van der Waals surface area contributed by atoms with Crippen LogP contribution in [0.4, 0.5) is 5.69 Å². The number of carbonyl (C=O) groups excluding carboxylic acids is 1. The van der Waals surface area contributed by atoms with Gasteiger partial charge in [-0.25, -0.2) is 0 Å². The number of hydrogen-bond donors (Lipinski definition) is 2. The van der Waals surface area contributed by atoms with Crippen LogP contribution in [-0.4, -0.2) is 21.0 Å². The Morgan fingerprint density at radius 3 is 2.96 bits per heavy atom. The van der Waals surface area contributed by atoms with Crippen LogP contribution in [-0.2, 0) is 11.2 Å². The third-order valence-electron chi connectivity index (χ3n) is 3.99. The first-order valence-electron chi connectivity index (χ1n) is 8.13. The van der Waals surface area contributed by atoms with Gasteiger partial charge in [0.05, 0.1) is 5.02 Å². The molecule has 0 radical (unpaired) electrons. The molecule has 130 valence electrons. The van der Waals surface area contributed by atoms with Crippen molar-refractivity contribution in [3.05, 3.63) is 65.6 Å². The summed E-state index contributed by atoms with van der Waals surface area (Å²) >= 11 is 6.13. The summed E-state index contributed by atoms with van der Waals surface area (Å²) in [6, 6.07) is 15.0. The summed E-state index contributed by atoms with van der Waals surface area (Å²) in [4.78, 5) is 19.6. The fourth-order valence-electron chi connectivity index (χ4n) is 2.68. The molecule has 4 rings (SSSR count). The van der Waals surface area contributed by atoms with Crippen molar-refractivity contribution in [1.82, 2.24) is 15.1 Å². The number of H-pyrrole nitrogens is 1. The Kier molecular flexibility index (Phi) is 4.41. The lowest BCUT2D eigenvalue weighted by Gasteiger charge is -2.04. The van der Waals surface area contributed by atoms with E-state index in [0.717, 1.165) is 16.6 Å². The molecule has 2 aromatic carbocycles. The van der Waals surface area contributed by atoms with Gasteiger partial charge >= 0.3 is 0 Å². The fourth-order valence-corrected chi connectivity index (χ4v) is 2.90. The second-order valence-electron chi connectivity index (χ2n) is 5.82. The Hall–Kier alpha value is -3.12. The molecule has 0 fully saturated rings. The van der Waals surface area contributed by atoms with Crippen molar-refractivity contribution in [1.29, 1.82) is 0 Å². The third-order valence-corrected chi connectivity index (χ3v) is 4.32. The van der Waals surface area contributed by atoms with Crippen LogP contribution < -0.4 is 5.32 Å². The maximum Gasteiger partial charge on any atom is 0.227 e. The molecule has 2 N–H and O–H groups in total. The zero-order valence-corrected chi connectivity index (χ0v) is 14.5. The number of halogens is 1. The minimum Gasteiger partial charge on any atom is -0.361 e. The second kappa shape index (κ2) is 7.01. The van der Waals surface area contributed by atoms with E-state index < -0.39 is 0 Å². The number of fused-ring (bicyclic) bond motifs is 1. The van der Waals surface area contributed by atoms with Crippen LogP contribution in [0.3, 0.4) is 0 Å². The Labute approximate surface area is 154 Å². The third kappa shape index (κ3) is 3.45. The van der Waals surface area contributed by atoms with Gasteiger partial charge in [-0.3, -0.25) is 4.79 Å². The summed E-state index contributed by atoms with van der Waals surface area (Å²) in [6.45, 7) is 0. The Morgan fingerprint density at radius 2 is 2.08 bits per heavy atom. The summed E-state index contributed by atoms with van der Waals surface area (Å²) in [5.41, 5.74) is 2.42. The van der Waals surface area contributed by atoms with Crippen molar-refractivity contribution in [3.8, 4) is 11.4 Å². The minimum absolute atomic E-state index is 0.117. The predicted octanol–water partition coefficient (Wildman–Crippen LogP) is 4.44. The molecule has 0 aliphatic heterocycles. The number of aromatic nitrogens is 3. The average Bonchev–Trinajstić information content (AvgIpc) is 3.29. The first kappa shape index (κ1) is 16.4. The van der Waals surface area contributed by atoms with E-state index in [1.807, 2.05) is 48.7 Å². The number of nitrogens with zero attached hydrogens (tertiary/aromatic N) is 2. The van der Waals surface area contributed by atoms with E-state index in [1.54, 1.807) is 6.07 Å². The number of nitrogens with one attached hydrogen (secondary N) is 2. The van der Waals surface area contributed by atoms with E-state index in [-0.39, 0.29) is 12.3 Å². The predicted molar refractivity (Wildman–Crippen MR) is 100.0 cm³/mol. The Balaban J connectivity index is 1.38. The van der Waals surface area contributed by atoms with Gasteiger partial charge in [0.25, 0.3) is 0 Å². The molecule has 0 saturated heterocycles. The lowest BCUT2D eigenvalue weighted by molar-refractivity contribution is -0.116. The Bertz CT molecular complexity index is 1070. The van der Waals surface area contributed by atoms with Crippen molar-refractivity contribution in [3.63, 3.8) is 0 Å². The molecule has 0 bridgehead atoms. The van der Waals surface area contributed by atoms with E-state index in [9.17, 15) is 4.79 Å². The second-order valence-corrected chi connectivity index (χ2v) is 6.23. The number of amides is 1. The van der Waals surface area contributed by atoms with E-state index in [4.69, 9.17) is 16.1 Å². The standard InChI is InChI=1S/C19H15ClN4O2/c20-15-4-2-1-3-14(15)19-23-18(26-24-19)8-7-17(25)22-13-6-5-12-9-10-21-16(12)11-13/h1-6,9-11,21H,7-8H2,(H,22,25). The number of carbonyl (C=O) groups is 1. The molecule has 0 unspecified atom stereocenters. The zero-order chi connectivity index (χ0) is 17.9. The fraction of sp³-hybridized carbons (Fsp3) is 0.105. The van der Waals surface area contributed by atoms with Crippen molar-refractivity contribution in [2.45, 2.75) is 12.8 Å². The van der Waals surface area contributed by atoms with Gasteiger partial charge in [-0.05, 0) is 35.7 Å². The Morgan fingerprint density at radius 1 is 1.19 bits per heavy atom. The SMILES string of the molecule is O=C(CCc1nc(-c2ccccc2Cl)no1)Nc1ccc2cc[nH]c2c1.